The molecule has 29 heavy (non-hydrogen) atoms. The Balaban J connectivity index is 1.44. The van der Waals surface area contributed by atoms with Gasteiger partial charge in [-0.25, -0.2) is 4.98 Å². The summed E-state index contributed by atoms with van der Waals surface area (Å²) in [4.78, 5) is 30.0. The van der Waals surface area contributed by atoms with Crippen LogP contribution < -0.4 is 22.1 Å². The van der Waals surface area contributed by atoms with Gasteiger partial charge < -0.3 is 26.7 Å². The van der Waals surface area contributed by atoms with Crippen LogP contribution >= 0.6 is 11.3 Å². The number of rotatable bonds is 7. The molecule has 9 heteroatoms. The van der Waals surface area contributed by atoms with Crippen molar-refractivity contribution in [3.63, 3.8) is 0 Å². The predicted octanol–water partition coefficient (Wildman–Crippen LogP) is 2.07. The highest BCUT2D eigenvalue weighted by atomic mass is 32.1. The minimum atomic E-state index is -0.621. The van der Waals surface area contributed by atoms with Crippen molar-refractivity contribution in [2.24, 2.45) is 11.7 Å². The van der Waals surface area contributed by atoms with Crippen LogP contribution in [-0.2, 0) is 12.8 Å². The van der Waals surface area contributed by atoms with E-state index in [1.54, 1.807) is 17.7 Å². The molecule has 2 heterocycles. The van der Waals surface area contributed by atoms with Crippen LogP contribution in [0.15, 0.2) is 6.33 Å². The Morgan fingerprint density at radius 3 is 2.69 bits per heavy atom. The Morgan fingerprint density at radius 2 is 2.03 bits per heavy atom. The fraction of sp³-hybridized carbons (Fsp3) is 0.550. The molecule has 6 N–H and O–H groups in total. The van der Waals surface area contributed by atoms with Gasteiger partial charge in [0.15, 0.2) is 5.69 Å². The number of imidazole rings is 1. The number of nitrogen functional groups attached to an aromatic ring is 1. The van der Waals surface area contributed by atoms with Gasteiger partial charge in [0, 0.05) is 23.5 Å². The molecule has 0 bridgehead atoms. The summed E-state index contributed by atoms with van der Waals surface area (Å²) in [6, 6.07) is 0.546. The molecule has 2 fully saturated rings. The lowest BCUT2D eigenvalue weighted by Gasteiger charge is -2.25. The van der Waals surface area contributed by atoms with Crippen molar-refractivity contribution in [2.75, 3.05) is 17.6 Å². The molecule has 0 spiro atoms. The average molecular weight is 415 g/mol. The van der Waals surface area contributed by atoms with Crippen molar-refractivity contribution in [2.45, 2.75) is 57.0 Å². The van der Waals surface area contributed by atoms with Gasteiger partial charge in [-0.15, -0.1) is 11.3 Å². The van der Waals surface area contributed by atoms with E-state index in [1.807, 2.05) is 4.57 Å². The standard InChI is InChI=1S/C20H26N6O2S/c21-17-16(18(22)27)24-9-26(17)12-5-6-14-13(7-12)15(19(28)23-8-10-1-2-10)20(29-14)25-11-3-4-11/h9-12,25H,1-8,21H2,(H2,22,27)(H,23,28)/t12-/m0/s1. The van der Waals surface area contributed by atoms with E-state index in [2.05, 4.69) is 15.6 Å². The molecule has 3 aliphatic carbocycles. The molecule has 154 valence electrons. The summed E-state index contributed by atoms with van der Waals surface area (Å²) in [5, 5.41) is 7.71. The number of amides is 2. The van der Waals surface area contributed by atoms with Crippen LogP contribution in [-0.4, -0.2) is 34.0 Å². The topological polar surface area (TPSA) is 128 Å². The van der Waals surface area contributed by atoms with Crippen LogP contribution in [0.4, 0.5) is 10.8 Å². The summed E-state index contributed by atoms with van der Waals surface area (Å²) in [6.45, 7) is 0.756. The first-order valence-electron chi connectivity index (χ1n) is 10.3. The number of nitrogens with two attached hydrogens (primary N) is 2. The highest BCUT2D eigenvalue weighted by molar-refractivity contribution is 7.16. The van der Waals surface area contributed by atoms with E-state index in [-0.39, 0.29) is 17.6 Å². The Hall–Kier alpha value is -2.55. The first kappa shape index (κ1) is 18.5. The molecular formula is C20H26N6O2S. The smallest absolute Gasteiger partial charge is 0.271 e. The van der Waals surface area contributed by atoms with Gasteiger partial charge in [-0.3, -0.25) is 9.59 Å². The van der Waals surface area contributed by atoms with E-state index in [1.165, 1.54) is 17.7 Å². The maximum absolute atomic E-state index is 13.1. The van der Waals surface area contributed by atoms with Gasteiger partial charge in [-0.05, 0) is 56.4 Å². The fourth-order valence-electron chi connectivity index (χ4n) is 4.06. The summed E-state index contributed by atoms with van der Waals surface area (Å²) in [5.74, 6) is 0.343. The molecule has 0 unspecified atom stereocenters. The third kappa shape index (κ3) is 3.59. The number of nitrogens with zero attached hydrogens (tertiary/aromatic N) is 2. The van der Waals surface area contributed by atoms with Crippen LogP contribution in [0.2, 0.25) is 0 Å². The first-order chi connectivity index (χ1) is 14.0. The molecule has 3 aliphatic rings. The molecule has 0 aromatic carbocycles. The molecule has 0 radical (unpaired) electrons. The SMILES string of the molecule is NC(=O)c1ncn([C@H]2CCc3sc(NC4CC4)c(C(=O)NCC4CC4)c3C2)c1N. The van der Waals surface area contributed by atoms with Gasteiger partial charge in [-0.2, -0.15) is 0 Å². The highest BCUT2D eigenvalue weighted by Gasteiger charge is 2.33. The van der Waals surface area contributed by atoms with Gasteiger partial charge in [0.05, 0.1) is 11.9 Å². The molecule has 5 rings (SSSR count). The number of aryl methyl sites for hydroxylation is 1. The number of primary amides is 1. The average Bonchev–Trinajstić information content (AvgIpc) is 3.60. The van der Waals surface area contributed by atoms with Gasteiger partial charge in [0.1, 0.15) is 10.8 Å². The van der Waals surface area contributed by atoms with Crippen molar-refractivity contribution in [3.05, 3.63) is 28.0 Å². The third-order valence-corrected chi connectivity index (χ3v) is 7.30. The lowest BCUT2D eigenvalue weighted by molar-refractivity contribution is 0.0950. The van der Waals surface area contributed by atoms with Crippen LogP contribution in [0, 0.1) is 5.92 Å². The van der Waals surface area contributed by atoms with E-state index >= 15 is 0 Å². The van der Waals surface area contributed by atoms with E-state index < -0.39 is 5.91 Å². The molecule has 1 atom stereocenters. The molecule has 2 aromatic rings. The second-order valence-electron chi connectivity index (χ2n) is 8.43. The fourth-order valence-corrected chi connectivity index (χ4v) is 5.38. The van der Waals surface area contributed by atoms with E-state index in [4.69, 9.17) is 11.5 Å². The van der Waals surface area contributed by atoms with E-state index in [9.17, 15) is 9.59 Å². The predicted molar refractivity (Wildman–Crippen MR) is 112 cm³/mol. The number of anilines is 2. The lowest BCUT2D eigenvalue weighted by atomic mass is 9.91. The Labute approximate surface area is 173 Å². The zero-order valence-electron chi connectivity index (χ0n) is 16.2. The summed E-state index contributed by atoms with van der Waals surface area (Å²) in [5.41, 5.74) is 13.5. The number of aromatic nitrogens is 2. The summed E-state index contributed by atoms with van der Waals surface area (Å²) < 4.78 is 1.83. The summed E-state index contributed by atoms with van der Waals surface area (Å²) in [7, 11) is 0. The van der Waals surface area contributed by atoms with Crippen molar-refractivity contribution >= 4 is 34.0 Å². The monoisotopic (exact) mass is 414 g/mol. The quantitative estimate of drug-likeness (QED) is 0.551. The normalized spacial score (nSPS) is 20.9. The molecule has 2 aromatic heterocycles. The maximum atomic E-state index is 13.1. The Kier molecular flexibility index (Phi) is 4.49. The van der Waals surface area contributed by atoms with Crippen LogP contribution in [0.25, 0.3) is 0 Å². The Morgan fingerprint density at radius 1 is 1.24 bits per heavy atom. The molecule has 2 amide bonds. The van der Waals surface area contributed by atoms with Gasteiger partial charge in [0.25, 0.3) is 11.8 Å². The number of fused-ring (bicyclic) bond motifs is 1. The van der Waals surface area contributed by atoms with Gasteiger partial charge in [0.2, 0.25) is 0 Å². The van der Waals surface area contributed by atoms with Crippen LogP contribution in [0.1, 0.15) is 69.4 Å². The number of carbonyl (C=O) groups excluding carboxylic acids is 2. The molecule has 0 aliphatic heterocycles. The van der Waals surface area contributed by atoms with Crippen LogP contribution in [0.5, 0.6) is 0 Å². The van der Waals surface area contributed by atoms with Gasteiger partial charge in [-0.1, -0.05) is 0 Å². The number of hydrogen-bond donors (Lipinski definition) is 4. The lowest BCUT2D eigenvalue weighted by Crippen LogP contribution is -2.28. The van der Waals surface area contributed by atoms with Crippen molar-refractivity contribution < 1.29 is 9.59 Å². The number of thiophene rings is 1. The van der Waals surface area contributed by atoms with Gasteiger partial charge >= 0.3 is 0 Å². The minimum Gasteiger partial charge on any atom is -0.383 e. The van der Waals surface area contributed by atoms with Crippen molar-refractivity contribution in [1.29, 1.82) is 0 Å². The van der Waals surface area contributed by atoms with E-state index in [0.717, 1.165) is 48.4 Å². The second kappa shape index (κ2) is 7.05. The summed E-state index contributed by atoms with van der Waals surface area (Å²) >= 11 is 1.72. The second-order valence-corrected chi connectivity index (χ2v) is 9.53. The Bertz CT molecular complexity index is 972. The maximum Gasteiger partial charge on any atom is 0.271 e. The van der Waals surface area contributed by atoms with Crippen molar-refractivity contribution in [1.82, 2.24) is 14.9 Å². The zero-order chi connectivity index (χ0) is 20.1. The number of hydrogen-bond acceptors (Lipinski definition) is 6. The van der Waals surface area contributed by atoms with E-state index in [0.29, 0.717) is 24.2 Å². The highest BCUT2D eigenvalue weighted by Crippen LogP contribution is 2.43. The first-order valence-corrected chi connectivity index (χ1v) is 11.1. The van der Waals surface area contributed by atoms with Crippen LogP contribution in [0.3, 0.4) is 0 Å². The van der Waals surface area contributed by atoms with Crippen molar-refractivity contribution in [3.8, 4) is 0 Å². The third-order valence-electron chi connectivity index (χ3n) is 6.08. The zero-order valence-corrected chi connectivity index (χ0v) is 17.1. The minimum absolute atomic E-state index is 0.0228. The number of carbonyl (C=O) groups is 2. The molecule has 0 saturated heterocycles. The molecular weight excluding hydrogens is 388 g/mol. The number of nitrogens with one attached hydrogen (secondary N) is 2. The molecule has 2 saturated carbocycles. The molecule has 8 nitrogen and oxygen atoms in total. The summed E-state index contributed by atoms with van der Waals surface area (Å²) in [6.07, 6.45) is 8.79. The largest absolute Gasteiger partial charge is 0.383 e.